The lowest BCUT2D eigenvalue weighted by Crippen LogP contribution is -2.29. The number of carbonyl (C=O) groups excluding carboxylic acids is 2. The Hall–Kier alpha value is -3.90. The summed E-state index contributed by atoms with van der Waals surface area (Å²) < 4.78 is 99.9. The van der Waals surface area contributed by atoms with E-state index in [1.165, 1.54) is 12.1 Å². The number of amides is 2. The number of likely N-dealkylation sites (tertiary alicyclic amines) is 1. The van der Waals surface area contributed by atoms with Crippen LogP contribution in [-0.4, -0.2) is 41.1 Å². The first-order chi connectivity index (χ1) is 18.7. The van der Waals surface area contributed by atoms with Gasteiger partial charge in [-0.1, -0.05) is 24.2 Å². The first-order valence-electron chi connectivity index (χ1n) is 12.3. The van der Waals surface area contributed by atoms with Crippen LogP contribution >= 0.6 is 0 Å². The van der Waals surface area contributed by atoms with Crippen molar-refractivity contribution in [3.63, 3.8) is 0 Å². The van der Waals surface area contributed by atoms with Crippen molar-refractivity contribution in [2.45, 2.75) is 50.8 Å². The van der Waals surface area contributed by atoms with Gasteiger partial charge in [-0.3, -0.25) is 9.59 Å². The minimum absolute atomic E-state index is 0.0578. The summed E-state index contributed by atoms with van der Waals surface area (Å²) in [6, 6.07) is 8.00. The predicted molar refractivity (Wildman–Crippen MR) is 127 cm³/mol. The van der Waals surface area contributed by atoms with E-state index in [2.05, 4.69) is 9.68 Å². The average molecular weight is 569 g/mol. The van der Waals surface area contributed by atoms with Crippen molar-refractivity contribution >= 4 is 17.5 Å². The van der Waals surface area contributed by atoms with Crippen LogP contribution in [0.25, 0.3) is 0 Å². The number of rotatable bonds is 5. The van der Waals surface area contributed by atoms with Gasteiger partial charge in [0.1, 0.15) is 18.0 Å². The second-order valence-electron chi connectivity index (χ2n) is 9.95. The van der Waals surface area contributed by atoms with Gasteiger partial charge in [0.15, 0.2) is 0 Å². The van der Waals surface area contributed by atoms with Crippen molar-refractivity contribution in [1.82, 2.24) is 10.1 Å². The number of benzene rings is 2. The second kappa shape index (κ2) is 9.93. The summed E-state index contributed by atoms with van der Waals surface area (Å²) in [5.74, 6) is -2.07. The number of fused-ring (bicyclic) bond motifs is 1. The molecule has 0 radical (unpaired) electrons. The molecule has 1 fully saturated rings. The van der Waals surface area contributed by atoms with Crippen LogP contribution in [0, 0.1) is 0 Å². The van der Waals surface area contributed by atoms with E-state index in [-0.39, 0.29) is 54.0 Å². The molecule has 0 unspecified atom stereocenters. The van der Waals surface area contributed by atoms with Gasteiger partial charge in [0, 0.05) is 29.8 Å². The Bertz CT molecular complexity index is 1460. The third-order valence-corrected chi connectivity index (χ3v) is 7.21. The SMILES string of the molecule is C[C@H](Cc1nocc1C(F)(F)F)c1cccc(N2Cc3c(cc(C(=O)N4CC[C@H](F)C4)cc3C(F)(F)F)C2=O)c1. The quantitative estimate of drug-likeness (QED) is 0.334. The minimum Gasteiger partial charge on any atom is -0.364 e. The summed E-state index contributed by atoms with van der Waals surface area (Å²) in [5, 5.41) is 3.46. The van der Waals surface area contributed by atoms with Crippen molar-refractivity contribution in [2.24, 2.45) is 0 Å². The molecule has 2 atom stereocenters. The molecular formula is C27H22F7N3O3. The molecule has 212 valence electrons. The highest BCUT2D eigenvalue weighted by Gasteiger charge is 2.42. The molecule has 1 aromatic heterocycles. The maximum atomic E-state index is 14.0. The van der Waals surface area contributed by atoms with E-state index in [0.29, 0.717) is 17.9 Å². The Morgan fingerprint density at radius 2 is 1.82 bits per heavy atom. The fourth-order valence-corrected chi connectivity index (χ4v) is 5.12. The lowest BCUT2D eigenvalue weighted by atomic mass is 9.94. The van der Waals surface area contributed by atoms with Gasteiger partial charge in [-0.25, -0.2) is 4.39 Å². The van der Waals surface area contributed by atoms with Crippen molar-refractivity contribution in [3.05, 3.63) is 81.7 Å². The number of hydrogen-bond donors (Lipinski definition) is 0. The molecule has 2 aliphatic heterocycles. The molecule has 2 aliphatic rings. The fraction of sp³-hybridized carbons (Fsp3) is 0.370. The number of alkyl halides is 7. The summed E-state index contributed by atoms with van der Waals surface area (Å²) in [4.78, 5) is 28.4. The molecule has 0 N–H and O–H groups in total. The highest BCUT2D eigenvalue weighted by Crippen LogP contribution is 2.40. The topological polar surface area (TPSA) is 66.7 Å². The number of halogens is 7. The minimum atomic E-state index is -4.87. The van der Waals surface area contributed by atoms with Crippen LogP contribution in [0.4, 0.5) is 36.4 Å². The highest BCUT2D eigenvalue weighted by molar-refractivity contribution is 6.11. The van der Waals surface area contributed by atoms with Crippen LogP contribution < -0.4 is 4.90 Å². The number of hydrogen-bond acceptors (Lipinski definition) is 4. The molecule has 0 saturated carbocycles. The Kier molecular flexibility index (Phi) is 6.87. The Morgan fingerprint density at radius 1 is 1.10 bits per heavy atom. The molecular weight excluding hydrogens is 547 g/mol. The van der Waals surface area contributed by atoms with Gasteiger partial charge in [0.05, 0.1) is 24.3 Å². The van der Waals surface area contributed by atoms with Crippen LogP contribution in [0.3, 0.4) is 0 Å². The Morgan fingerprint density at radius 3 is 2.48 bits per heavy atom. The zero-order valence-electron chi connectivity index (χ0n) is 20.9. The monoisotopic (exact) mass is 569 g/mol. The largest absolute Gasteiger partial charge is 0.421 e. The van der Waals surface area contributed by atoms with Crippen LogP contribution in [0.2, 0.25) is 0 Å². The van der Waals surface area contributed by atoms with E-state index in [4.69, 9.17) is 0 Å². The lowest BCUT2D eigenvalue weighted by Gasteiger charge is -2.19. The molecule has 40 heavy (non-hydrogen) atoms. The average Bonchev–Trinajstić information content (AvgIpc) is 3.61. The second-order valence-corrected chi connectivity index (χ2v) is 9.95. The van der Waals surface area contributed by atoms with Crippen LogP contribution in [0.1, 0.15) is 67.9 Å². The van der Waals surface area contributed by atoms with E-state index in [0.717, 1.165) is 15.9 Å². The first-order valence-corrected chi connectivity index (χ1v) is 12.3. The van der Waals surface area contributed by atoms with E-state index in [9.17, 15) is 40.3 Å². The highest BCUT2D eigenvalue weighted by atomic mass is 19.4. The van der Waals surface area contributed by atoms with E-state index < -0.39 is 53.9 Å². The molecule has 2 amide bonds. The third-order valence-electron chi connectivity index (χ3n) is 7.21. The van der Waals surface area contributed by atoms with Gasteiger partial charge < -0.3 is 14.3 Å². The van der Waals surface area contributed by atoms with Gasteiger partial charge in [0.2, 0.25) is 0 Å². The van der Waals surface area contributed by atoms with E-state index >= 15 is 0 Å². The summed E-state index contributed by atoms with van der Waals surface area (Å²) in [7, 11) is 0. The normalized spacial score (nSPS) is 18.4. The molecule has 3 heterocycles. The third kappa shape index (κ3) is 5.16. The molecule has 5 rings (SSSR count). The molecule has 3 aromatic rings. The van der Waals surface area contributed by atoms with E-state index in [1.54, 1.807) is 19.1 Å². The Balaban J connectivity index is 1.44. The molecule has 0 bridgehead atoms. The summed E-state index contributed by atoms with van der Waals surface area (Å²) >= 11 is 0. The molecule has 0 spiro atoms. The summed E-state index contributed by atoms with van der Waals surface area (Å²) in [6.45, 7) is 1.05. The standard InChI is InChI=1S/C27H22F7N3O3/c1-14(7-23-22(13-40-35-23)27(32,33)34)15-3-2-4-18(8-15)37-12-20-19(25(37)39)9-16(10-21(20)26(29,30)31)24(38)36-6-5-17(28)11-36/h2-4,8-10,13-14,17H,5-7,11-12H2,1H3/t14-,17+/m1/s1. The fourth-order valence-electron chi connectivity index (χ4n) is 5.12. The van der Waals surface area contributed by atoms with Crippen molar-refractivity contribution in [1.29, 1.82) is 0 Å². The number of nitrogens with zero attached hydrogens (tertiary/aromatic N) is 3. The summed E-state index contributed by atoms with van der Waals surface area (Å²) in [6.07, 6.45) is -10.3. The molecule has 1 saturated heterocycles. The molecule has 2 aromatic carbocycles. The zero-order valence-corrected chi connectivity index (χ0v) is 20.9. The molecule has 6 nitrogen and oxygen atoms in total. The lowest BCUT2D eigenvalue weighted by molar-refractivity contribution is -0.139. The number of aromatic nitrogens is 1. The van der Waals surface area contributed by atoms with E-state index in [1.807, 2.05) is 0 Å². The molecule has 13 heteroatoms. The first kappa shape index (κ1) is 27.7. The van der Waals surface area contributed by atoms with Crippen molar-refractivity contribution in [2.75, 3.05) is 18.0 Å². The van der Waals surface area contributed by atoms with Gasteiger partial charge in [-0.15, -0.1) is 0 Å². The maximum Gasteiger partial charge on any atom is 0.421 e. The molecule has 0 aliphatic carbocycles. The van der Waals surface area contributed by atoms with Crippen molar-refractivity contribution in [3.8, 4) is 0 Å². The van der Waals surface area contributed by atoms with Crippen LogP contribution in [-0.2, 0) is 25.3 Å². The van der Waals surface area contributed by atoms with Crippen LogP contribution in [0.5, 0.6) is 0 Å². The summed E-state index contributed by atoms with van der Waals surface area (Å²) in [5.41, 5.74) is -2.59. The zero-order chi connectivity index (χ0) is 29.0. The van der Waals surface area contributed by atoms with Gasteiger partial charge in [-0.2, -0.15) is 26.3 Å². The maximum absolute atomic E-state index is 14.0. The van der Waals surface area contributed by atoms with Gasteiger partial charge >= 0.3 is 12.4 Å². The van der Waals surface area contributed by atoms with Gasteiger partial charge in [-0.05, 0) is 47.7 Å². The van der Waals surface area contributed by atoms with Crippen molar-refractivity contribution < 1.29 is 44.8 Å². The predicted octanol–water partition coefficient (Wildman–Crippen LogP) is 6.40. The smallest absolute Gasteiger partial charge is 0.364 e. The van der Waals surface area contributed by atoms with Gasteiger partial charge in [0.25, 0.3) is 11.8 Å². The van der Waals surface area contributed by atoms with Crippen LogP contribution in [0.15, 0.2) is 47.2 Å². The number of carbonyl (C=O) groups is 2. The number of anilines is 1. The Labute approximate surface area is 223 Å².